The van der Waals surface area contributed by atoms with Crippen molar-refractivity contribution in [2.75, 3.05) is 7.11 Å². The number of H-pyrrole nitrogens is 1. The molecule has 0 radical (unpaired) electrons. The summed E-state index contributed by atoms with van der Waals surface area (Å²) in [6.45, 7) is 4.36. The highest BCUT2D eigenvalue weighted by molar-refractivity contribution is 5.10. The maximum absolute atomic E-state index is 11.8. The van der Waals surface area contributed by atoms with Gasteiger partial charge in [0.1, 0.15) is 11.4 Å². The Morgan fingerprint density at radius 1 is 1.47 bits per heavy atom. The van der Waals surface area contributed by atoms with Crippen molar-refractivity contribution < 1.29 is 4.74 Å². The average molecular weight is 264 g/mol. The smallest absolute Gasteiger partial charge is 0.251 e. The van der Waals surface area contributed by atoms with Gasteiger partial charge in [0.25, 0.3) is 5.56 Å². The maximum Gasteiger partial charge on any atom is 0.251 e. The summed E-state index contributed by atoms with van der Waals surface area (Å²) in [5.74, 6) is 1.45. The van der Waals surface area contributed by atoms with Crippen LogP contribution in [0, 0.1) is 5.92 Å². The van der Waals surface area contributed by atoms with E-state index >= 15 is 0 Å². The topological polar surface area (TPSA) is 55.0 Å². The first-order chi connectivity index (χ1) is 9.09. The molecule has 1 fully saturated rings. The highest BCUT2D eigenvalue weighted by Gasteiger charge is 2.38. The number of rotatable bonds is 4. The van der Waals surface area contributed by atoms with Crippen LogP contribution in [0.15, 0.2) is 10.9 Å². The summed E-state index contributed by atoms with van der Waals surface area (Å²) in [7, 11) is 1.72. The van der Waals surface area contributed by atoms with Crippen molar-refractivity contribution >= 4 is 0 Å². The summed E-state index contributed by atoms with van der Waals surface area (Å²) >= 11 is 0. The molecular weight excluding hydrogens is 240 g/mol. The average Bonchev–Trinajstić information content (AvgIpc) is 2.40. The highest BCUT2D eigenvalue weighted by Crippen LogP contribution is 2.40. The molecule has 0 atom stereocenters. The zero-order chi connectivity index (χ0) is 13.9. The second kappa shape index (κ2) is 5.87. The van der Waals surface area contributed by atoms with Gasteiger partial charge < -0.3 is 9.72 Å². The number of nitrogens with zero attached hydrogens (tertiary/aromatic N) is 1. The molecule has 106 valence electrons. The normalized spacial score (nSPS) is 27.4. The molecule has 0 saturated heterocycles. The number of ether oxygens (including phenoxy) is 1. The molecule has 0 aliphatic heterocycles. The van der Waals surface area contributed by atoms with Crippen molar-refractivity contribution in [1.29, 1.82) is 0 Å². The largest absolute Gasteiger partial charge is 0.370 e. The number of hydrogen-bond donors (Lipinski definition) is 1. The molecule has 1 heterocycles. The maximum atomic E-state index is 11.8. The quantitative estimate of drug-likeness (QED) is 0.909. The van der Waals surface area contributed by atoms with Gasteiger partial charge in [0.05, 0.1) is 0 Å². The van der Waals surface area contributed by atoms with E-state index in [1.807, 2.05) is 0 Å². The molecular formula is C15H24N2O2. The van der Waals surface area contributed by atoms with Crippen LogP contribution in [0.4, 0.5) is 0 Å². The Labute approximate surface area is 114 Å². The van der Waals surface area contributed by atoms with Gasteiger partial charge in [0.2, 0.25) is 0 Å². The molecule has 2 rings (SSSR count). The number of aryl methyl sites for hydroxylation is 1. The molecule has 4 heteroatoms. The van der Waals surface area contributed by atoms with Crippen molar-refractivity contribution in [2.24, 2.45) is 5.92 Å². The molecule has 1 aliphatic rings. The Kier molecular flexibility index (Phi) is 4.40. The van der Waals surface area contributed by atoms with Crippen LogP contribution in [0.5, 0.6) is 0 Å². The molecule has 0 spiro atoms. The molecule has 1 N–H and O–H groups in total. The first kappa shape index (κ1) is 14.3. The number of methoxy groups -OCH3 is 1. The van der Waals surface area contributed by atoms with Gasteiger partial charge in [-0.1, -0.05) is 20.3 Å². The van der Waals surface area contributed by atoms with Gasteiger partial charge in [-0.25, -0.2) is 4.98 Å². The van der Waals surface area contributed by atoms with E-state index in [0.717, 1.165) is 56.0 Å². The van der Waals surface area contributed by atoms with Crippen LogP contribution in [0.3, 0.4) is 0 Å². The van der Waals surface area contributed by atoms with E-state index in [1.54, 1.807) is 13.2 Å². The fourth-order valence-corrected chi connectivity index (χ4v) is 2.87. The lowest BCUT2D eigenvalue weighted by Gasteiger charge is -2.37. The van der Waals surface area contributed by atoms with Gasteiger partial charge in [-0.3, -0.25) is 4.79 Å². The predicted molar refractivity (Wildman–Crippen MR) is 75.2 cm³/mol. The summed E-state index contributed by atoms with van der Waals surface area (Å²) in [5, 5.41) is 0. The van der Waals surface area contributed by atoms with Crippen molar-refractivity contribution in [3.05, 3.63) is 27.9 Å². The SMILES string of the molecule is CCCc1cc(=O)[nH]c(C2(OC)CCC(C)CC2)n1. The molecule has 1 aromatic heterocycles. The molecule has 19 heavy (non-hydrogen) atoms. The molecule has 0 unspecified atom stereocenters. The zero-order valence-electron chi connectivity index (χ0n) is 12.2. The van der Waals surface area contributed by atoms with Crippen LogP contribution in [-0.2, 0) is 16.8 Å². The number of nitrogens with one attached hydrogen (secondary N) is 1. The molecule has 0 aromatic carbocycles. The number of aromatic nitrogens is 2. The number of aromatic amines is 1. The molecule has 1 aliphatic carbocycles. The van der Waals surface area contributed by atoms with Gasteiger partial charge in [0.15, 0.2) is 0 Å². The minimum Gasteiger partial charge on any atom is -0.370 e. The van der Waals surface area contributed by atoms with Crippen molar-refractivity contribution in [3.63, 3.8) is 0 Å². The second-order valence-electron chi connectivity index (χ2n) is 5.72. The fourth-order valence-electron chi connectivity index (χ4n) is 2.87. The van der Waals surface area contributed by atoms with Crippen molar-refractivity contribution in [1.82, 2.24) is 9.97 Å². The molecule has 4 nitrogen and oxygen atoms in total. The zero-order valence-corrected chi connectivity index (χ0v) is 12.2. The Hall–Kier alpha value is -1.16. The molecule has 1 aromatic rings. The van der Waals surface area contributed by atoms with E-state index in [0.29, 0.717) is 0 Å². The van der Waals surface area contributed by atoms with Crippen molar-refractivity contribution in [3.8, 4) is 0 Å². The highest BCUT2D eigenvalue weighted by atomic mass is 16.5. The second-order valence-corrected chi connectivity index (χ2v) is 5.72. The van der Waals surface area contributed by atoms with E-state index in [1.165, 1.54) is 0 Å². The van der Waals surface area contributed by atoms with E-state index in [4.69, 9.17) is 4.74 Å². The van der Waals surface area contributed by atoms with Gasteiger partial charge in [-0.05, 0) is 38.0 Å². The van der Waals surface area contributed by atoms with Crippen LogP contribution in [-0.4, -0.2) is 17.1 Å². The van der Waals surface area contributed by atoms with Crippen molar-refractivity contribution in [2.45, 2.75) is 58.0 Å². The van der Waals surface area contributed by atoms with E-state index in [2.05, 4.69) is 23.8 Å². The molecule has 1 saturated carbocycles. The summed E-state index contributed by atoms with van der Waals surface area (Å²) < 4.78 is 5.77. The fraction of sp³-hybridized carbons (Fsp3) is 0.733. The van der Waals surface area contributed by atoms with Crippen LogP contribution in [0.1, 0.15) is 57.5 Å². The van der Waals surface area contributed by atoms with Crippen LogP contribution >= 0.6 is 0 Å². The predicted octanol–water partition coefficient (Wildman–Crippen LogP) is 2.77. The Bertz CT molecular complexity index is 473. The van der Waals surface area contributed by atoms with E-state index in [-0.39, 0.29) is 5.56 Å². The first-order valence-electron chi connectivity index (χ1n) is 7.25. The lowest BCUT2D eigenvalue weighted by molar-refractivity contribution is -0.0600. The van der Waals surface area contributed by atoms with Gasteiger partial charge in [-0.2, -0.15) is 0 Å². The third-order valence-electron chi connectivity index (χ3n) is 4.21. The van der Waals surface area contributed by atoms with Crippen LogP contribution in [0.25, 0.3) is 0 Å². The summed E-state index contributed by atoms with van der Waals surface area (Å²) in [6, 6.07) is 1.60. The summed E-state index contributed by atoms with van der Waals surface area (Å²) in [5.41, 5.74) is 0.412. The monoisotopic (exact) mass is 264 g/mol. The Morgan fingerprint density at radius 3 is 2.74 bits per heavy atom. The Balaban J connectivity index is 2.35. The number of hydrogen-bond acceptors (Lipinski definition) is 3. The van der Waals surface area contributed by atoms with E-state index in [9.17, 15) is 4.79 Å². The van der Waals surface area contributed by atoms with Crippen LogP contribution in [0.2, 0.25) is 0 Å². The van der Waals surface area contributed by atoms with Gasteiger partial charge in [-0.15, -0.1) is 0 Å². The summed E-state index contributed by atoms with van der Waals surface area (Å²) in [6.07, 6.45) is 5.94. The minimum atomic E-state index is -0.393. The lowest BCUT2D eigenvalue weighted by Crippen LogP contribution is -2.37. The molecule has 0 bridgehead atoms. The lowest BCUT2D eigenvalue weighted by atomic mass is 9.79. The van der Waals surface area contributed by atoms with Gasteiger partial charge >= 0.3 is 0 Å². The van der Waals surface area contributed by atoms with Crippen LogP contribution < -0.4 is 5.56 Å². The third kappa shape index (κ3) is 3.06. The third-order valence-corrected chi connectivity index (χ3v) is 4.21. The summed E-state index contributed by atoms with van der Waals surface area (Å²) in [4.78, 5) is 19.3. The van der Waals surface area contributed by atoms with Gasteiger partial charge in [0, 0.05) is 18.9 Å². The minimum absolute atomic E-state index is 0.0662. The molecule has 0 amide bonds. The first-order valence-corrected chi connectivity index (χ1v) is 7.25. The standard InChI is InChI=1S/C15H24N2O2/c1-4-5-12-10-13(18)17-14(16-12)15(19-3)8-6-11(2)7-9-15/h10-11H,4-9H2,1-3H3,(H,16,17,18). The van der Waals surface area contributed by atoms with E-state index < -0.39 is 5.60 Å². The Morgan fingerprint density at radius 2 is 2.16 bits per heavy atom.